The molecule has 0 aliphatic heterocycles. The second-order valence-electron chi connectivity index (χ2n) is 6.99. The van der Waals surface area contributed by atoms with Crippen LogP contribution in [0.15, 0.2) is 58.7 Å². The quantitative estimate of drug-likeness (QED) is 0.296. The number of allylic oxidation sites excluding steroid dienone is 1. The molecule has 0 radical (unpaired) electrons. The van der Waals surface area contributed by atoms with Gasteiger partial charge in [0.05, 0.1) is 18.6 Å². The van der Waals surface area contributed by atoms with Gasteiger partial charge in [0.15, 0.2) is 22.5 Å². The Balaban J connectivity index is 1.65. The van der Waals surface area contributed by atoms with Crippen LogP contribution in [0.25, 0.3) is 0 Å². The molecule has 0 aliphatic rings. The van der Waals surface area contributed by atoms with Gasteiger partial charge in [0.1, 0.15) is 6.61 Å². The molecule has 0 bridgehead atoms. The number of para-hydroxylation sites is 2. The number of methoxy groups -OCH3 is 1. The normalized spacial score (nSPS) is 10.6. The van der Waals surface area contributed by atoms with E-state index < -0.39 is 0 Å². The van der Waals surface area contributed by atoms with Crippen molar-refractivity contribution in [1.82, 2.24) is 14.8 Å². The zero-order valence-electron chi connectivity index (χ0n) is 18.2. The molecule has 7 nitrogen and oxygen atoms in total. The number of ether oxygens (including phenoxy) is 2. The van der Waals surface area contributed by atoms with Gasteiger partial charge >= 0.3 is 0 Å². The molecule has 0 spiro atoms. The van der Waals surface area contributed by atoms with E-state index in [0.717, 1.165) is 21.3 Å². The number of hydrogen-bond acceptors (Lipinski definition) is 6. The summed E-state index contributed by atoms with van der Waals surface area (Å²) in [5.41, 5.74) is 3.02. The number of rotatable bonds is 10. The van der Waals surface area contributed by atoms with E-state index in [9.17, 15) is 4.79 Å². The maximum atomic E-state index is 12.5. The molecule has 0 saturated heterocycles. The highest BCUT2D eigenvalue weighted by atomic mass is 79.9. The summed E-state index contributed by atoms with van der Waals surface area (Å²) in [6.07, 6.45) is 1.76. The first kappa shape index (κ1) is 23.9. The molecule has 9 heteroatoms. The number of amides is 1. The topological polar surface area (TPSA) is 78.3 Å². The van der Waals surface area contributed by atoms with Gasteiger partial charge in [-0.15, -0.1) is 16.8 Å². The number of halogens is 1. The van der Waals surface area contributed by atoms with Gasteiger partial charge in [-0.2, -0.15) is 0 Å². The number of anilines is 1. The number of carbonyl (C=O) groups is 1. The van der Waals surface area contributed by atoms with E-state index in [0.29, 0.717) is 29.0 Å². The molecule has 168 valence electrons. The van der Waals surface area contributed by atoms with Crippen LogP contribution in [0.4, 0.5) is 5.69 Å². The number of nitrogens with zero attached hydrogens (tertiary/aromatic N) is 3. The second-order valence-corrected chi connectivity index (χ2v) is 8.79. The van der Waals surface area contributed by atoms with Crippen LogP contribution < -0.4 is 14.8 Å². The second kappa shape index (κ2) is 11.2. The molecule has 0 aliphatic carbocycles. The maximum Gasteiger partial charge on any atom is 0.234 e. The molecule has 1 heterocycles. The lowest BCUT2D eigenvalue weighted by Gasteiger charge is -2.12. The van der Waals surface area contributed by atoms with Crippen molar-refractivity contribution >= 4 is 39.3 Å². The Morgan fingerprint density at radius 1 is 1.22 bits per heavy atom. The fraction of sp³-hybridized carbons (Fsp3) is 0.261. The summed E-state index contributed by atoms with van der Waals surface area (Å²) >= 11 is 4.82. The molecule has 3 aromatic rings. The van der Waals surface area contributed by atoms with Crippen LogP contribution in [0.5, 0.6) is 11.5 Å². The largest absolute Gasteiger partial charge is 0.493 e. The fourth-order valence-corrected chi connectivity index (χ4v) is 4.24. The standard InChI is InChI=1S/C23H25BrN4O3S/c1-5-10-28-21(13-31-20-9-7-6-8-19(20)30-4)26-27-23(28)32-14-22(29)25-18-12-16(3)15(2)11-17(18)24/h5-9,11-12H,1,10,13-14H2,2-4H3,(H,25,29). The van der Waals surface area contributed by atoms with Gasteiger partial charge < -0.3 is 14.8 Å². The SMILES string of the molecule is C=CCn1c(COc2ccccc2OC)nnc1SCC(=O)Nc1cc(C)c(C)cc1Br. The van der Waals surface area contributed by atoms with Crippen LogP contribution >= 0.6 is 27.7 Å². The van der Waals surface area contributed by atoms with Crippen LogP contribution in [0.1, 0.15) is 17.0 Å². The fourth-order valence-electron chi connectivity index (χ4n) is 2.92. The average molecular weight is 517 g/mol. The summed E-state index contributed by atoms with van der Waals surface area (Å²) in [6.45, 7) is 8.57. The maximum absolute atomic E-state index is 12.5. The van der Waals surface area contributed by atoms with E-state index in [2.05, 4.69) is 38.0 Å². The summed E-state index contributed by atoms with van der Waals surface area (Å²) in [7, 11) is 1.60. The Labute approximate surface area is 200 Å². The third-order valence-corrected chi connectivity index (χ3v) is 6.34. The first-order valence-electron chi connectivity index (χ1n) is 9.91. The lowest BCUT2D eigenvalue weighted by Crippen LogP contribution is -2.15. The predicted molar refractivity (Wildman–Crippen MR) is 131 cm³/mol. The van der Waals surface area contributed by atoms with Crippen LogP contribution in [0, 0.1) is 13.8 Å². The number of nitrogens with one attached hydrogen (secondary N) is 1. The molecule has 0 fully saturated rings. The van der Waals surface area contributed by atoms with Gasteiger partial charge in [0, 0.05) is 11.0 Å². The first-order chi connectivity index (χ1) is 15.4. The summed E-state index contributed by atoms with van der Waals surface area (Å²) in [5.74, 6) is 1.97. The third-order valence-electron chi connectivity index (χ3n) is 4.72. The molecule has 2 aromatic carbocycles. The van der Waals surface area contributed by atoms with Gasteiger partial charge in [-0.3, -0.25) is 9.36 Å². The summed E-state index contributed by atoms with van der Waals surface area (Å²) in [5, 5.41) is 12.0. The summed E-state index contributed by atoms with van der Waals surface area (Å²) < 4.78 is 13.9. The Kier molecular flexibility index (Phi) is 8.35. The van der Waals surface area contributed by atoms with Crippen molar-refractivity contribution in [3.05, 3.63) is 70.5 Å². The monoisotopic (exact) mass is 516 g/mol. The highest BCUT2D eigenvalue weighted by molar-refractivity contribution is 9.10. The smallest absolute Gasteiger partial charge is 0.234 e. The van der Waals surface area contributed by atoms with Crippen molar-refractivity contribution in [3.63, 3.8) is 0 Å². The lowest BCUT2D eigenvalue weighted by atomic mass is 10.1. The van der Waals surface area contributed by atoms with E-state index in [1.54, 1.807) is 13.2 Å². The molecule has 1 amide bonds. The van der Waals surface area contributed by atoms with E-state index in [1.807, 2.05) is 54.8 Å². The van der Waals surface area contributed by atoms with Crippen molar-refractivity contribution in [1.29, 1.82) is 0 Å². The van der Waals surface area contributed by atoms with Crippen molar-refractivity contribution in [2.24, 2.45) is 0 Å². The van der Waals surface area contributed by atoms with E-state index in [-0.39, 0.29) is 18.3 Å². The zero-order valence-corrected chi connectivity index (χ0v) is 20.6. The van der Waals surface area contributed by atoms with Gasteiger partial charge in [0.2, 0.25) is 5.91 Å². The highest BCUT2D eigenvalue weighted by Crippen LogP contribution is 2.28. The number of aryl methyl sites for hydroxylation is 2. The highest BCUT2D eigenvalue weighted by Gasteiger charge is 2.15. The van der Waals surface area contributed by atoms with E-state index in [4.69, 9.17) is 9.47 Å². The Morgan fingerprint density at radius 2 is 1.94 bits per heavy atom. The van der Waals surface area contributed by atoms with Crippen molar-refractivity contribution in [2.75, 3.05) is 18.2 Å². The summed E-state index contributed by atoms with van der Waals surface area (Å²) in [6, 6.07) is 11.4. The minimum atomic E-state index is -0.126. The molecule has 1 N–H and O–H groups in total. The van der Waals surface area contributed by atoms with Crippen LogP contribution in [-0.4, -0.2) is 33.5 Å². The minimum Gasteiger partial charge on any atom is -0.493 e. The van der Waals surface area contributed by atoms with Crippen molar-refractivity contribution in [3.8, 4) is 11.5 Å². The number of aromatic nitrogens is 3. The van der Waals surface area contributed by atoms with Crippen molar-refractivity contribution in [2.45, 2.75) is 32.2 Å². The van der Waals surface area contributed by atoms with E-state index in [1.165, 1.54) is 11.8 Å². The number of carbonyl (C=O) groups excluding carboxylic acids is 1. The van der Waals surface area contributed by atoms with Crippen LogP contribution in [-0.2, 0) is 17.9 Å². The van der Waals surface area contributed by atoms with Crippen LogP contribution in [0.3, 0.4) is 0 Å². The Hall–Kier alpha value is -2.78. The predicted octanol–water partition coefficient (Wildman–Crippen LogP) is 5.16. The number of benzene rings is 2. The summed E-state index contributed by atoms with van der Waals surface area (Å²) in [4.78, 5) is 12.5. The Morgan fingerprint density at radius 3 is 2.66 bits per heavy atom. The van der Waals surface area contributed by atoms with Gasteiger partial charge in [-0.1, -0.05) is 30.0 Å². The molecule has 0 atom stereocenters. The third kappa shape index (κ3) is 5.92. The molecule has 0 saturated carbocycles. The number of thioether (sulfide) groups is 1. The van der Waals surface area contributed by atoms with Gasteiger partial charge in [-0.05, 0) is 65.2 Å². The van der Waals surface area contributed by atoms with Crippen molar-refractivity contribution < 1.29 is 14.3 Å². The number of hydrogen-bond donors (Lipinski definition) is 1. The molecular formula is C23H25BrN4O3S. The molecule has 32 heavy (non-hydrogen) atoms. The van der Waals surface area contributed by atoms with Crippen LogP contribution in [0.2, 0.25) is 0 Å². The molecule has 1 aromatic heterocycles. The first-order valence-corrected chi connectivity index (χ1v) is 11.7. The average Bonchev–Trinajstić information content (AvgIpc) is 3.16. The molecule has 0 unspecified atom stereocenters. The van der Waals surface area contributed by atoms with E-state index >= 15 is 0 Å². The molecular weight excluding hydrogens is 492 g/mol. The molecule has 3 rings (SSSR count). The lowest BCUT2D eigenvalue weighted by molar-refractivity contribution is -0.113. The van der Waals surface area contributed by atoms with Gasteiger partial charge in [0.25, 0.3) is 0 Å². The Bertz CT molecular complexity index is 1120. The zero-order chi connectivity index (χ0) is 23.1. The minimum absolute atomic E-state index is 0.126. The van der Waals surface area contributed by atoms with Gasteiger partial charge in [-0.25, -0.2) is 0 Å².